The summed E-state index contributed by atoms with van der Waals surface area (Å²) in [5.41, 5.74) is 12.3. The zero-order chi connectivity index (χ0) is 68.9. The summed E-state index contributed by atoms with van der Waals surface area (Å²) in [5, 5.41) is 17.4. The average molecular weight is 1700 g/mol. The summed E-state index contributed by atoms with van der Waals surface area (Å²) in [7, 11) is -3.28. The molecule has 7 N–H and O–H groups in total. The second-order valence-corrected chi connectivity index (χ2v) is 29.9. The van der Waals surface area contributed by atoms with E-state index in [4.69, 9.17) is 83.9 Å². The Morgan fingerprint density at radius 1 is 0.474 bits per heavy atom. The minimum absolute atomic E-state index is 0. The molecule has 18 nitrogen and oxygen atoms in total. The molecule has 1 atom stereocenters. The van der Waals surface area contributed by atoms with Crippen molar-refractivity contribution >= 4 is 166 Å². The van der Waals surface area contributed by atoms with Gasteiger partial charge in [0.05, 0.1) is 30.8 Å². The molecule has 4 aromatic carbocycles. The number of hydrogen-bond donors (Lipinski definition) is 4. The fraction of sp³-hybridized carbons (Fsp3) is 0.188. The van der Waals surface area contributed by atoms with Crippen LogP contribution in [-0.2, 0) is 43.9 Å². The molecule has 1 unspecified atom stereocenters. The molecule has 0 aliphatic heterocycles. The Morgan fingerprint density at radius 3 is 1.07 bits per heavy atom. The van der Waals surface area contributed by atoms with Crippen LogP contribution >= 0.6 is 91.8 Å². The number of nitrogens with two attached hydrogens (primary N) is 1. The van der Waals surface area contributed by atoms with Crippen LogP contribution in [0.25, 0.3) is 40.3 Å². The van der Waals surface area contributed by atoms with Crippen molar-refractivity contribution in [3.63, 3.8) is 0 Å². The number of halogens is 4. The van der Waals surface area contributed by atoms with E-state index in [0.29, 0.717) is 35.7 Å². The summed E-state index contributed by atoms with van der Waals surface area (Å²) in [5.74, 6) is -1.38. The molecule has 0 aliphatic rings. The summed E-state index contributed by atoms with van der Waals surface area (Å²) in [6, 6.07) is 37.6. The summed E-state index contributed by atoms with van der Waals surface area (Å²) >= 11 is 29.1. The molecule has 8 aromatic heterocycles. The van der Waals surface area contributed by atoms with Crippen LogP contribution in [0.1, 0.15) is 131 Å². The number of nitrogens with zero attached hydrogens (tertiary/aromatic N) is 4. The largest absolute Gasteiger partial charge is 0.465 e. The van der Waals surface area contributed by atoms with Crippen LogP contribution < -0.4 is 5.73 Å². The minimum Gasteiger partial charge on any atom is -0.465 e. The number of fused-ring (bicyclic) bond motifs is 4. The monoisotopic (exact) mass is 1700 g/mol. The Kier molecular flexibility index (Phi) is 29.2. The third-order valence-electron chi connectivity index (χ3n) is 13.3. The van der Waals surface area contributed by atoms with Crippen molar-refractivity contribution in [3.05, 3.63) is 255 Å². The van der Waals surface area contributed by atoms with Gasteiger partial charge in [0.15, 0.2) is 0 Å². The Bertz CT molecular complexity index is 4800. The fourth-order valence-corrected chi connectivity index (χ4v) is 13.5. The van der Waals surface area contributed by atoms with E-state index >= 15 is 0 Å². The van der Waals surface area contributed by atoms with E-state index in [-0.39, 0.29) is 67.4 Å². The van der Waals surface area contributed by atoms with Crippen molar-refractivity contribution in [2.45, 2.75) is 78.1 Å². The van der Waals surface area contributed by atoms with Gasteiger partial charge in [-0.1, -0.05) is 94.9 Å². The number of carbonyl (C=O) groups is 4. The van der Waals surface area contributed by atoms with Crippen LogP contribution in [0.2, 0.25) is 20.1 Å². The number of aliphatic hydroxyl groups excluding tert-OH is 1. The van der Waals surface area contributed by atoms with Crippen molar-refractivity contribution in [1.29, 1.82) is 0 Å². The van der Waals surface area contributed by atoms with Gasteiger partial charge in [-0.2, -0.15) is 8.42 Å². The van der Waals surface area contributed by atoms with Gasteiger partial charge in [-0.05, 0) is 189 Å². The first-order valence-electron chi connectivity index (χ1n) is 28.5. The van der Waals surface area contributed by atoms with Crippen LogP contribution in [0, 0.1) is 44.1 Å². The molecule has 12 rings (SSSR count). The predicted molar refractivity (Wildman–Crippen MR) is 385 cm³/mol. The summed E-state index contributed by atoms with van der Waals surface area (Å²) in [6.07, 6.45) is 15.5. The zero-order valence-corrected chi connectivity index (χ0v) is 64.7. The van der Waals surface area contributed by atoms with Crippen molar-refractivity contribution in [2.24, 2.45) is 5.73 Å². The molecule has 0 bridgehead atoms. The van der Waals surface area contributed by atoms with Crippen LogP contribution in [-0.4, -0.2) is 90.2 Å². The molecule has 28 heteroatoms. The van der Waals surface area contributed by atoms with Gasteiger partial charge in [0.25, 0.3) is 5.91 Å². The first-order valence-corrected chi connectivity index (χ1v) is 34.7. The zero-order valence-electron chi connectivity index (χ0n) is 52.9. The van der Waals surface area contributed by atoms with Gasteiger partial charge >= 0.3 is 28.3 Å². The molecule has 503 valence electrons. The van der Waals surface area contributed by atoms with Gasteiger partial charge in [0.2, 0.25) is 0 Å². The molecule has 0 aliphatic carbocycles. The third kappa shape index (κ3) is 23.9. The van der Waals surface area contributed by atoms with Crippen LogP contribution in [0.3, 0.4) is 0 Å². The number of benzene rings is 4. The Balaban J connectivity index is 0.000000199. The molecule has 0 saturated heterocycles. The second-order valence-electron chi connectivity index (χ2n) is 22.9. The van der Waals surface area contributed by atoms with E-state index in [1.165, 1.54) is 52.5 Å². The summed E-state index contributed by atoms with van der Waals surface area (Å²) in [6.45, 7) is 11.1. The first-order chi connectivity index (χ1) is 44.9. The van der Waals surface area contributed by atoms with Gasteiger partial charge in [0, 0.05) is 125 Å². The van der Waals surface area contributed by atoms with Crippen LogP contribution in [0.5, 0.6) is 0 Å². The number of amides is 1. The van der Waals surface area contributed by atoms with Gasteiger partial charge in [-0.25, -0.2) is 14.4 Å². The molecule has 8 heterocycles. The number of ether oxygens (including phenoxy) is 3. The van der Waals surface area contributed by atoms with E-state index < -0.39 is 33.6 Å². The van der Waals surface area contributed by atoms with E-state index in [1.807, 2.05) is 151 Å². The molecule has 1 amide bonds. The predicted octanol–water partition coefficient (Wildman–Crippen LogP) is 17.0. The average Bonchev–Trinajstić information content (AvgIpc) is 1.71. The number of aliphatic hydroxyl groups is 1. The molecule has 12 aromatic rings. The molecule has 1 radical (unpaired) electrons. The molecule has 0 fully saturated rings. The Hall–Kier alpha value is -6.41. The number of carbonyl (C=O) groups excluding carboxylic acids is 4. The van der Waals surface area contributed by atoms with Gasteiger partial charge < -0.3 is 30.5 Å². The summed E-state index contributed by atoms with van der Waals surface area (Å²) < 4.78 is 51.0. The van der Waals surface area contributed by atoms with Crippen LogP contribution in [0.15, 0.2) is 171 Å². The number of thiophene rings is 4. The minimum atomic E-state index is -4.67. The maximum atomic E-state index is 12.3. The second kappa shape index (κ2) is 35.6. The number of esters is 3. The topological polar surface area (TPSA) is 300 Å². The van der Waals surface area contributed by atoms with Crippen molar-refractivity contribution in [2.75, 3.05) is 7.11 Å². The number of pyridine rings is 4. The number of rotatable bonds is 12. The Morgan fingerprint density at radius 2 is 0.753 bits per heavy atom. The molecule has 0 saturated carbocycles. The molecule has 97 heavy (non-hydrogen) atoms. The maximum Gasteiger partial charge on any atom is 0.394 e. The molecular formula is C69H63AcCl4N5O13S5. The number of primary amides is 1. The van der Waals surface area contributed by atoms with Gasteiger partial charge in [0.1, 0.15) is 31.9 Å². The van der Waals surface area contributed by atoms with Gasteiger partial charge in [-0.15, -0.1) is 45.3 Å². The first kappa shape index (κ1) is 79.6. The van der Waals surface area contributed by atoms with Crippen molar-refractivity contribution in [3.8, 4) is 0 Å². The number of methoxy groups -OCH3 is 1. The van der Waals surface area contributed by atoms with Crippen LogP contribution in [0.4, 0.5) is 0 Å². The van der Waals surface area contributed by atoms with E-state index in [2.05, 4.69) is 19.9 Å². The molecular weight excluding hydrogens is 1640 g/mol. The number of hydrogen-bond acceptors (Lipinski definition) is 18. The Labute approximate surface area is 631 Å². The smallest absolute Gasteiger partial charge is 0.394 e. The van der Waals surface area contributed by atoms with E-state index in [9.17, 15) is 24.3 Å². The fourth-order valence-electron chi connectivity index (χ4n) is 9.14. The molecule has 0 spiro atoms. The van der Waals surface area contributed by atoms with Gasteiger partial charge in [-0.3, -0.25) is 33.8 Å². The normalized spacial score (nSPS) is 11.4. The SMILES string of the molecule is CC(C)(C)OC(=O)c1cc2c(C(O)c3ccc(Cl)cc3)cncc2s1.CC(C)(C)OC(=O)c1cc2c(Cc3ccc(Cl)cc3)cncc2s1.COC(=O)c1cc2c(Cc3ccc(Cl)cc3)cncc2s1.NC(=O)c1cc2c(Cc3ccc(Cl)cc3)cncc2s1.O.O=S(=O)(O)O.[Ac]. The van der Waals surface area contributed by atoms with E-state index in [1.54, 1.807) is 61.3 Å². The third-order valence-corrected chi connectivity index (χ3v) is 18.5. The summed E-state index contributed by atoms with van der Waals surface area (Å²) in [4.78, 5) is 66.8. The standard InChI is InChI=1S/C19H18ClNO3S.C19H18ClNO2S.C16H12ClNO2S.C15H11ClN2OS.Ac.H2O4S.H2O/c1-19(2,3)24-18(23)15-8-13-14(9-21-10-16(13)25-15)17(22)11-4-6-12(20)7-5-11;1-19(2,3)23-18(22)16-9-15-13(10-21-11-17(15)24-16)8-12-4-6-14(20)7-5-12;1-20-16(19)14-7-13-11(8-18-9-15(13)21-14)6-10-2-4-12(17)5-3-10;16-11-3-1-9(2-4-11)5-10-7-18-8-14-12(10)6-13(20-14)15(17)19;;1-5(2,3)4;/h4-10,17,22H,1-3H3;4-7,9-11H,8H2,1-3H3;2-5,7-9H,6H2,1H3;1-4,6-8H,5H2,(H2,17,19);;(H2,1,2,3,4);1H2. The number of aromatic nitrogens is 4. The van der Waals surface area contributed by atoms with Crippen molar-refractivity contribution < 1.29 is 106 Å². The van der Waals surface area contributed by atoms with E-state index in [0.717, 1.165) is 108 Å². The maximum absolute atomic E-state index is 12.3. The quantitative estimate of drug-likeness (QED) is 0.0502. The van der Waals surface area contributed by atoms with Crippen molar-refractivity contribution in [1.82, 2.24) is 19.9 Å².